The van der Waals surface area contributed by atoms with E-state index in [-0.39, 0.29) is 19.1 Å². The van der Waals surface area contributed by atoms with Crippen molar-refractivity contribution in [2.45, 2.75) is 13.1 Å². The molecule has 0 aromatic heterocycles. The van der Waals surface area contributed by atoms with Crippen molar-refractivity contribution in [3.8, 4) is 17.2 Å². The zero-order valence-corrected chi connectivity index (χ0v) is 20.2. The SMILES string of the molecule is COc1ccc(CNC(=O)COc2ccc(N(Cc3ccccc3)S(C)(=O)=O)cc2)cc1OC. The predicted molar refractivity (Wildman–Crippen MR) is 131 cm³/mol. The van der Waals surface area contributed by atoms with Crippen LogP contribution in [-0.4, -0.2) is 41.4 Å². The average molecular weight is 485 g/mol. The number of benzene rings is 3. The van der Waals surface area contributed by atoms with E-state index in [4.69, 9.17) is 14.2 Å². The largest absolute Gasteiger partial charge is 0.493 e. The fourth-order valence-corrected chi connectivity index (χ4v) is 4.14. The first-order valence-electron chi connectivity index (χ1n) is 10.5. The van der Waals surface area contributed by atoms with Crippen molar-refractivity contribution in [3.05, 3.63) is 83.9 Å². The second-order valence-corrected chi connectivity index (χ2v) is 9.41. The molecule has 0 saturated heterocycles. The maximum atomic E-state index is 12.3. The number of carbonyl (C=O) groups is 1. The van der Waals surface area contributed by atoms with Crippen LogP contribution in [0.3, 0.4) is 0 Å². The molecule has 0 aliphatic carbocycles. The molecule has 8 nitrogen and oxygen atoms in total. The Morgan fingerprint density at radius 3 is 2.18 bits per heavy atom. The van der Waals surface area contributed by atoms with Crippen LogP contribution in [0.15, 0.2) is 72.8 Å². The average Bonchev–Trinajstić information content (AvgIpc) is 2.85. The van der Waals surface area contributed by atoms with E-state index in [1.54, 1.807) is 50.6 Å². The van der Waals surface area contributed by atoms with E-state index in [0.29, 0.717) is 29.5 Å². The lowest BCUT2D eigenvalue weighted by Gasteiger charge is -2.22. The van der Waals surface area contributed by atoms with Crippen molar-refractivity contribution in [1.29, 1.82) is 0 Å². The first kappa shape index (κ1) is 24.9. The summed E-state index contributed by atoms with van der Waals surface area (Å²) in [7, 11) is -0.374. The minimum absolute atomic E-state index is 0.174. The van der Waals surface area contributed by atoms with Crippen molar-refractivity contribution in [1.82, 2.24) is 5.32 Å². The number of carbonyl (C=O) groups excluding carboxylic acids is 1. The second kappa shape index (κ2) is 11.4. The fraction of sp³-hybridized carbons (Fsp3) is 0.240. The molecule has 180 valence electrons. The summed E-state index contributed by atoms with van der Waals surface area (Å²) < 4.78 is 42.0. The highest BCUT2D eigenvalue weighted by atomic mass is 32.2. The van der Waals surface area contributed by atoms with E-state index in [2.05, 4.69) is 5.32 Å². The summed E-state index contributed by atoms with van der Waals surface area (Å²) in [4.78, 5) is 12.2. The summed E-state index contributed by atoms with van der Waals surface area (Å²) in [5, 5.41) is 2.79. The molecule has 34 heavy (non-hydrogen) atoms. The molecule has 0 atom stereocenters. The lowest BCUT2D eigenvalue weighted by Crippen LogP contribution is -2.29. The van der Waals surface area contributed by atoms with Crippen molar-refractivity contribution in [3.63, 3.8) is 0 Å². The van der Waals surface area contributed by atoms with Crippen LogP contribution in [0.2, 0.25) is 0 Å². The van der Waals surface area contributed by atoms with E-state index < -0.39 is 10.0 Å². The molecule has 1 N–H and O–H groups in total. The molecule has 0 unspecified atom stereocenters. The van der Waals surface area contributed by atoms with Gasteiger partial charge in [-0.2, -0.15) is 0 Å². The Labute approximate surface area is 200 Å². The van der Waals surface area contributed by atoms with Crippen LogP contribution in [-0.2, 0) is 27.9 Å². The molecule has 0 aliphatic rings. The highest BCUT2D eigenvalue weighted by molar-refractivity contribution is 7.92. The minimum Gasteiger partial charge on any atom is -0.493 e. The monoisotopic (exact) mass is 484 g/mol. The van der Waals surface area contributed by atoms with Crippen LogP contribution in [0.25, 0.3) is 0 Å². The first-order chi connectivity index (χ1) is 16.3. The number of anilines is 1. The van der Waals surface area contributed by atoms with Crippen molar-refractivity contribution >= 4 is 21.6 Å². The van der Waals surface area contributed by atoms with Crippen LogP contribution in [0.5, 0.6) is 17.2 Å². The fourth-order valence-electron chi connectivity index (χ4n) is 3.25. The van der Waals surface area contributed by atoms with Crippen molar-refractivity contribution in [2.75, 3.05) is 31.4 Å². The van der Waals surface area contributed by atoms with Crippen LogP contribution >= 0.6 is 0 Å². The highest BCUT2D eigenvalue weighted by Gasteiger charge is 2.18. The van der Waals surface area contributed by atoms with Crippen LogP contribution in [0, 0.1) is 0 Å². The molecule has 3 aromatic carbocycles. The summed E-state index contributed by atoms with van der Waals surface area (Å²) in [6.45, 7) is 0.356. The Morgan fingerprint density at radius 1 is 0.882 bits per heavy atom. The van der Waals surface area contributed by atoms with Crippen LogP contribution < -0.4 is 23.8 Å². The molecule has 1 amide bonds. The maximum Gasteiger partial charge on any atom is 0.258 e. The van der Waals surface area contributed by atoms with Crippen LogP contribution in [0.4, 0.5) is 5.69 Å². The Kier molecular flexibility index (Phi) is 8.37. The molecule has 3 rings (SSSR count). The van der Waals surface area contributed by atoms with E-state index in [1.807, 2.05) is 36.4 Å². The van der Waals surface area contributed by atoms with Gasteiger partial charge in [0, 0.05) is 6.54 Å². The summed E-state index contributed by atoms with van der Waals surface area (Å²) in [6.07, 6.45) is 1.17. The van der Waals surface area contributed by atoms with Crippen molar-refractivity contribution < 1.29 is 27.4 Å². The van der Waals surface area contributed by atoms with E-state index in [9.17, 15) is 13.2 Å². The Hall–Kier alpha value is -3.72. The Bertz CT molecular complexity index is 1200. The van der Waals surface area contributed by atoms with Gasteiger partial charge in [0.1, 0.15) is 5.75 Å². The normalized spacial score (nSPS) is 10.9. The lowest BCUT2D eigenvalue weighted by molar-refractivity contribution is -0.123. The smallest absolute Gasteiger partial charge is 0.258 e. The van der Waals surface area contributed by atoms with Gasteiger partial charge in [-0.15, -0.1) is 0 Å². The van der Waals surface area contributed by atoms with Crippen LogP contribution in [0.1, 0.15) is 11.1 Å². The molecule has 0 radical (unpaired) electrons. The summed E-state index contributed by atoms with van der Waals surface area (Å²) in [5.74, 6) is 1.36. The lowest BCUT2D eigenvalue weighted by atomic mass is 10.2. The first-order valence-corrected chi connectivity index (χ1v) is 12.4. The molecule has 0 heterocycles. The molecule has 0 bridgehead atoms. The van der Waals surface area contributed by atoms with Gasteiger partial charge in [0.2, 0.25) is 10.0 Å². The third-order valence-electron chi connectivity index (χ3n) is 5.00. The van der Waals surface area contributed by atoms with E-state index in [0.717, 1.165) is 11.1 Å². The van der Waals surface area contributed by atoms with Gasteiger partial charge in [-0.05, 0) is 47.5 Å². The number of hydrogen-bond acceptors (Lipinski definition) is 6. The third kappa shape index (κ3) is 6.89. The molecule has 0 spiro atoms. The zero-order valence-electron chi connectivity index (χ0n) is 19.4. The Balaban J connectivity index is 1.56. The quantitative estimate of drug-likeness (QED) is 0.449. The molecule has 9 heteroatoms. The Morgan fingerprint density at radius 2 is 1.56 bits per heavy atom. The predicted octanol–water partition coefficient (Wildman–Crippen LogP) is 3.37. The molecule has 0 fully saturated rings. The van der Waals surface area contributed by atoms with Gasteiger partial charge >= 0.3 is 0 Å². The molecular formula is C25H28N2O6S. The van der Waals surface area contributed by atoms with Gasteiger partial charge in [-0.25, -0.2) is 8.42 Å². The van der Waals surface area contributed by atoms with Gasteiger partial charge in [0.15, 0.2) is 18.1 Å². The number of nitrogens with zero attached hydrogens (tertiary/aromatic N) is 1. The van der Waals surface area contributed by atoms with Gasteiger partial charge in [-0.1, -0.05) is 36.4 Å². The summed E-state index contributed by atoms with van der Waals surface area (Å²) in [6, 6.07) is 21.3. The van der Waals surface area contributed by atoms with E-state index in [1.165, 1.54) is 10.6 Å². The van der Waals surface area contributed by atoms with Crippen molar-refractivity contribution in [2.24, 2.45) is 0 Å². The summed E-state index contributed by atoms with van der Waals surface area (Å²) in [5.41, 5.74) is 2.24. The zero-order chi connectivity index (χ0) is 24.6. The maximum absolute atomic E-state index is 12.3. The number of methoxy groups -OCH3 is 2. The number of sulfonamides is 1. The molecule has 0 saturated carbocycles. The molecule has 3 aromatic rings. The summed E-state index contributed by atoms with van der Waals surface area (Å²) >= 11 is 0. The van der Waals surface area contributed by atoms with Gasteiger partial charge < -0.3 is 19.5 Å². The number of ether oxygens (including phenoxy) is 3. The number of hydrogen-bond donors (Lipinski definition) is 1. The van der Waals surface area contributed by atoms with Gasteiger partial charge in [0.25, 0.3) is 5.91 Å². The topological polar surface area (TPSA) is 94.2 Å². The number of nitrogens with one attached hydrogen (secondary N) is 1. The number of amides is 1. The van der Waals surface area contributed by atoms with E-state index >= 15 is 0 Å². The second-order valence-electron chi connectivity index (χ2n) is 7.50. The standard InChI is InChI=1S/C25H28N2O6S/c1-31-23-14-9-20(15-24(23)32-2)16-26-25(28)18-33-22-12-10-21(11-13-22)27(34(3,29)30)17-19-7-5-4-6-8-19/h4-15H,16-18H2,1-3H3,(H,26,28). The number of rotatable bonds is 11. The molecular weight excluding hydrogens is 456 g/mol. The minimum atomic E-state index is -3.49. The van der Waals surface area contributed by atoms with Gasteiger partial charge in [0.05, 0.1) is 32.7 Å². The molecule has 0 aliphatic heterocycles. The highest BCUT2D eigenvalue weighted by Crippen LogP contribution is 2.27. The third-order valence-corrected chi connectivity index (χ3v) is 6.14. The van der Waals surface area contributed by atoms with Gasteiger partial charge in [-0.3, -0.25) is 9.10 Å².